The first-order valence-electron chi connectivity index (χ1n) is 17.2. The molecular weight excluding hydrogens is 586 g/mol. The van der Waals surface area contributed by atoms with Crippen LogP contribution in [-0.2, 0) is 30.2 Å². The van der Waals surface area contributed by atoms with Crippen molar-refractivity contribution in [3.05, 3.63) is 23.8 Å². The molecule has 5 atom stereocenters. The SMILES string of the molecule is COCCCOc1cc(CC(C[C@H](N)C(CC(C(=O)NCC2CCOCC2)C(C)C)OC(=O)C(N)C(C)C)C(C)C)ccc1OC. The highest BCUT2D eigenvalue weighted by molar-refractivity contribution is 5.79. The Bertz CT molecular complexity index is 1030. The van der Waals surface area contributed by atoms with Crippen LogP contribution in [0.15, 0.2) is 18.2 Å². The maximum absolute atomic E-state index is 13.5. The molecule has 0 aliphatic carbocycles. The number of ether oxygens (including phenoxy) is 5. The molecule has 0 bridgehead atoms. The van der Waals surface area contributed by atoms with Crippen molar-refractivity contribution in [2.75, 3.05) is 47.2 Å². The number of carbonyl (C=O) groups excluding carboxylic acids is 2. The lowest BCUT2D eigenvalue weighted by Crippen LogP contribution is -2.48. The summed E-state index contributed by atoms with van der Waals surface area (Å²) in [5.41, 5.74) is 14.2. The molecule has 1 aliphatic heterocycles. The van der Waals surface area contributed by atoms with Gasteiger partial charge in [-0.3, -0.25) is 9.59 Å². The molecule has 1 saturated heterocycles. The van der Waals surface area contributed by atoms with Gasteiger partial charge in [0.15, 0.2) is 11.5 Å². The second kappa shape index (κ2) is 20.8. The summed E-state index contributed by atoms with van der Waals surface area (Å²) in [4.78, 5) is 26.6. The molecule has 1 amide bonds. The third kappa shape index (κ3) is 13.4. The molecular formula is C36H63N3O7. The predicted octanol–water partition coefficient (Wildman–Crippen LogP) is 4.74. The predicted molar refractivity (Wildman–Crippen MR) is 182 cm³/mol. The first-order chi connectivity index (χ1) is 21.9. The lowest BCUT2D eigenvalue weighted by atomic mass is 9.80. The van der Waals surface area contributed by atoms with Gasteiger partial charge in [-0.2, -0.15) is 0 Å². The fraction of sp³-hybridized carbons (Fsp3) is 0.778. The van der Waals surface area contributed by atoms with Crippen molar-refractivity contribution in [2.45, 2.75) is 98.3 Å². The van der Waals surface area contributed by atoms with E-state index in [-0.39, 0.29) is 29.6 Å². The van der Waals surface area contributed by atoms with Crippen LogP contribution in [0.5, 0.6) is 11.5 Å². The smallest absolute Gasteiger partial charge is 0.323 e. The number of hydrogen-bond donors (Lipinski definition) is 3. The van der Waals surface area contributed by atoms with Gasteiger partial charge in [0.1, 0.15) is 12.1 Å². The number of nitrogens with one attached hydrogen (secondary N) is 1. The van der Waals surface area contributed by atoms with Gasteiger partial charge in [-0.25, -0.2) is 0 Å². The van der Waals surface area contributed by atoms with E-state index in [2.05, 4.69) is 25.2 Å². The highest BCUT2D eigenvalue weighted by atomic mass is 16.5. The van der Waals surface area contributed by atoms with Crippen molar-refractivity contribution in [2.24, 2.45) is 47.0 Å². The molecule has 1 heterocycles. The van der Waals surface area contributed by atoms with Gasteiger partial charge < -0.3 is 40.5 Å². The van der Waals surface area contributed by atoms with Crippen molar-refractivity contribution >= 4 is 11.9 Å². The minimum atomic E-state index is -0.767. The van der Waals surface area contributed by atoms with Crippen LogP contribution >= 0.6 is 0 Å². The number of amides is 1. The van der Waals surface area contributed by atoms with Gasteiger partial charge in [-0.05, 0) is 79.4 Å². The zero-order valence-electron chi connectivity index (χ0n) is 29.7. The summed E-state index contributed by atoms with van der Waals surface area (Å²) in [6.45, 7) is 15.4. The van der Waals surface area contributed by atoms with E-state index in [1.807, 2.05) is 39.8 Å². The molecule has 5 N–H and O–H groups in total. The first kappa shape index (κ1) is 39.8. The van der Waals surface area contributed by atoms with E-state index in [9.17, 15) is 9.59 Å². The minimum Gasteiger partial charge on any atom is -0.493 e. The Labute approximate surface area is 277 Å². The third-order valence-corrected chi connectivity index (χ3v) is 9.26. The minimum absolute atomic E-state index is 0.0282. The Hall–Kier alpha value is -2.40. The molecule has 0 radical (unpaired) electrons. The van der Waals surface area contributed by atoms with Gasteiger partial charge in [0, 0.05) is 51.9 Å². The Morgan fingerprint density at radius 1 is 0.935 bits per heavy atom. The second-order valence-corrected chi connectivity index (χ2v) is 13.9. The van der Waals surface area contributed by atoms with Gasteiger partial charge in [0.25, 0.3) is 0 Å². The Kier molecular flexibility index (Phi) is 17.9. The van der Waals surface area contributed by atoms with Crippen LogP contribution in [0.2, 0.25) is 0 Å². The van der Waals surface area contributed by atoms with Crippen molar-refractivity contribution < 1.29 is 33.3 Å². The zero-order chi connectivity index (χ0) is 34.2. The largest absolute Gasteiger partial charge is 0.493 e. The van der Waals surface area contributed by atoms with E-state index in [1.54, 1.807) is 14.2 Å². The fourth-order valence-electron chi connectivity index (χ4n) is 5.81. The Balaban J connectivity index is 2.23. The Morgan fingerprint density at radius 2 is 1.63 bits per heavy atom. The lowest BCUT2D eigenvalue weighted by molar-refractivity contribution is -0.155. The monoisotopic (exact) mass is 649 g/mol. The van der Waals surface area contributed by atoms with Gasteiger partial charge in [-0.15, -0.1) is 0 Å². The molecule has 1 aromatic rings. The molecule has 4 unspecified atom stereocenters. The average molecular weight is 650 g/mol. The summed E-state index contributed by atoms with van der Waals surface area (Å²) >= 11 is 0. The molecule has 10 nitrogen and oxygen atoms in total. The molecule has 10 heteroatoms. The zero-order valence-corrected chi connectivity index (χ0v) is 29.7. The summed E-state index contributed by atoms with van der Waals surface area (Å²) in [5.74, 6) is 1.35. The first-order valence-corrected chi connectivity index (χ1v) is 17.2. The third-order valence-electron chi connectivity index (χ3n) is 9.26. The fourth-order valence-corrected chi connectivity index (χ4v) is 5.81. The number of esters is 1. The molecule has 0 saturated carbocycles. The number of rotatable bonds is 21. The van der Waals surface area contributed by atoms with E-state index in [0.717, 1.165) is 44.5 Å². The summed E-state index contributed by atoms with van der Waals surface area (Å²) in [5, 5.41) is 3.17. The number of benzene rings is 1. The quantitative estimate of drug-likeness (QED) is 0.127. The topological polar surface area (TPSA) is 144 Å². The molecule has 1 fully saturated rings. The number of nitrogens with two attached hydrogens (primary N) is 2. The molecule has 1 aliphatic rings. The molecule has 0 aromatic heterocycles. The van der Waals surface area contributed by atoms with E-state index >= 15 is 0 Å². The summed E-state index contributed by atoms with van der Waals surface area (Å²) in [6, 6.07) is 4.77. The summed E-state index contributed by atoms with van der Waals surface area (Å²) < 4.78 is 28.2. The van der Waals surface area contributed by atoms with Crippen molar-refractivity contribution in [3.8, 4) is 11.5 Å². The van der Waals surface area contributed by atoms with Gasteiger partial charge in [-0.1, -0.05) is 47.6 Å². The van der Waals surface area contributed by atoms with Crippen molar-refractivity contribution in [1.82, 2.24) is 5.32 Å². The number of carbonyl (C=O) groups is 2. The normalized spacial score (nSPS) is 17.4. The molecule has 46 heavy (non-hydrogen) atoms. The maximum Gasteiger partial charge on any atom is 0.323 e. The van der Waals surface area contributed by atoms with Gasteiger partial charge in [0.2, 0.25) is 5.91 Å². The van der Waals surface area contributed by atoms with Crippen LogP contribution in [0.4, 0.5) is 0 Å². The lowest BCUT2D eigenvalue weighted by Gasteiger charge is -2.33. The number of methoxy groups -OCH3 is 2. The van der Waals surface area contributed by atoms with Crippen LogP contribution in [0.3, 0.4) is 0 Å². The standard InChI is InChI=1S/C36H63N3O7/c1-23(2)28(18-27-10-11-31(43-8)33(19-27)45-15-9-14-42-7)20-30(37)32(46-36(41)34(38)25(5)6)21-29(24(3)4)35(40)39-22-26-12-16-44-17-13-26/h10-11,19,23-26,28-30,32,34H,9,12-18,20-22,37-38H2,1-8H3,(H,39,40)/t28?,29?,30-,32?,34?/m0/s1. The van der Waals surface area contributed by atoms with Crippen LogP contribution < -0.4 is 26.3 Å². The van der Waals surface area contributed by atoms with E-state index in [1.165, 1.54) is 0 Å². The molecule has 0 spiro atoms. The Morgan fingerprint density at radius 3 is 2.22 bits per heavy atom. The molecule has 264 valence electrons. The van der Waals surface area contributed by atoms with Gasteiger partial charge in [0.05, 0.1) is 13.7 Å². The highest BCUT2D eigenvalue weighted by Crippen LogP contribution is 2.32. The van der Waals surface area contributed by atoms with Crippen LogP contribution in [-0.4, -0.2) is 77.3 Å². The van der Waals surface area contributed by atoms with Crippen LogP contribution in [0, 0.1) is 35.5 Å². The van der Waals surface area contributed by atoms with Crippen molar-refractivity contribution in [3.63, 3.8) is 0 Å². The van der Waals surface area contributed by atoms with Crippen LogP contribution in [0.1, 0.15) is 79.2 Å². The second-order valence-electron chi connectivity index (χ2n) is 13.9. The van der Waals surface area contributed by atoms with Crippen LogP contribution in [0.25, 0.3) is 0 Å². The number of hydrogen-bond acceptors (Lipinski definition) is 9. The maximum atomic E-state index is 13.5. The molecule has 1 aromatic carbocycles. The van der Waals surface area contributed by atoms with Gasteiger partial charge >= 0.3 is 5.97 Å². The summed E-state index contributed by atoms with van der Waals surface area (Å²) in [7, 11) is 3.31. The van der Waals surface area contributed by atoms with Crippen molar-refractivity contribution in [1.29, 1.82) is 0 Å². The van der Waals surface area contributed by atoms with E-state index in [4.69, 9.17) is 35.2 Å². The average Bonchev–Trinajstić information content (AvgIpc) is 3.03. The van der Waals surface area contributed by atoms with E-state index in [0.29, 0.717) is 55.9 Å². The summed E-state index contributed by atoms with van der Waals surface area (Å²) in [6.07, 6.45) is 3.71. The van der Waals surface area contributed by atoms with E-state index < -0.39 is 24.2 Å². The highest BCUT2D eigenvalue weighted by Gasteiger charge is 2.34. The molecule has 2 rings (SSSR count).